The van der Waals surface area contributed by atoms with Crippen LogP contribution < -0.4 is 5.32 Å². The number of rotatable bonds is 4. The molecule has 2 rings (SSSR count). The van der Waals surface area contributed by atoms with Crippen molar-refractivity contribution in [2.24, 2.45) is 0 Å². The molecular formula is C17H20ClN. The van der Waals surface area contributed by atoms with Gasteiger partial charge in [0.25, 0.3) is 0 Å². The molecule has 0 bridgehead atoms. The summed E-state index contributed by atoms with van der Waals surface area (Å²) in [5.41, 5.74) is 5.14. The van der Waals surface area contributed by atoms with Gasteiger partial charge in [-0.25, -0.2) is 0 Å². The first-order valence-corrected chi connectivity index (χ1v) is 7.05. The van der Waals surface area contributed by atoms with Crippen LogP contribution in [0.25, 0.3) is 0 Å². The van der Waals surface area contributed by atoms with Gasteiger partial charge in [0.2, 0.25) is 0 Å². The molecule has 2 heteroatoms. The zero-order chi connectivity index (χ0) is 13.8. The van der Waals surface area contributed by atoms with Crippen LogP contribution in [0.2, 0.25) is 5.02 Å². The van der Waals surface area contributed by atoms with Crippen molar-refractivity contribution in [2.75, 3.05) is 6.54 Å². The van der Waals surface area contributed by atoms with Gasteiger partial charge in [0.15, 0.2) is 0 Å². The van der Waals surface area contributed by atoms with Crippen molar-refractivity contribution in [3.8, 4) is 0 Å². The van der Waals surface area contributed by atoms with E-state index in [1.54, 1.807) is 0 Å². The van der Waals surface area contributed by atoms with Gasteiger partial charge < -0.3 is 5.32 Å². The van der Waals surface area contributed by atoms with Crippen LogP contribution in [-0.4, -0.2) is 6.54 Å². The first-order chi connectivity index (χ1) is 9.11. The van der Waals surface area contributed by atoms with Crippen LogP contribution in [0.15, 0.2) is 42.5 Å². The Kier molecular flexibility index (Phi) is 4.62. The highest BCUT2D eigenvalue weighted by Crippen LogP contribution is 2.25. The maximum absolute atomic E-state index is 6.11. The molecular weight excluding hydrogens is 254 g/mol. The summed E-state index contributed by atoms with van der Waals surface area (Å²) in [4.78, 5) is 0. The maximum Gasteiger partial charge on any atom is 0.0577 e. The minimum absolute atomic E-state index is 0.197. The standard InChI is InChI=1S/C17H20ClN/c1-4-19-17(14-6-5-7-16(18)11-14)15-9-8-12(2)13(3)10-15/h5-11,17,19H,4H2,1-3H3. The monoisotopic (exact) mass is 273 g/mol. The average molecular weight is 274 g/mol. The second kappa shape index (κ2) is 6.23. The Morgan fingerprint density at radius 2 is 1.74 bits per heavy atom. The molecule has 1 nitrogen and oxygen atoms in total. The minimum Gasteiger partial charge on any atom is -0.307 e. The molecule has 0 aliphatic carbocycles. The van der Waals surface area contributed by atoms with E-state index in [2.05, 4.69) is 50.4 Å². The highest BCUT2D eigenvalue weighted by molar-refractivity contribution is 6.30. The summed E-state index contributed by atoms with van der Waals surface area (Å²) < 4.78 is 0. The van der Waals surface area contributed by atoms with Crippen molar-refractivity contribution in [2.45, 2.75) is 26.8 Å². The Morgan fingerprint density at radius 3 is 2.37 bits per heavy atom. The van der Waals surface area contributed by atoms with Crippen molar-refractivity contribution >= 4 is 11.6 Å². The Labute approximate surface area is 120 Å². The fraction of sp³-hybridized carbons (Fsp3) is 0.294. The normalized spacial score (nSPS) is 12.4. The minimum atomic E-state index is 0.197. The summed E-state index contributed by atoms with van der Waals surface area (Å²) in [5.74, 6) is 0. The maximum atomic E-state index is 6.11. The molecule has 1 N–H and O–H groups in total. The molecule has 2 aromatic carbocycles. The van der Waals surface area contributed by atoms with E-state index >= 15 is 0 Å². The molecule has 0 aliphatic heterocycles. The van der Waals surface area contributed by atoms with Crippen LogP contribution in [0, 0.1) is 13.8 Å². The number of benzene rings is 2. The Bertz CT molecular complexity index is 563. The summed E-state index contributed by atoms with van der Waals surface area (Å²) in [7, 11) is 0. The van der Waals surface area contributed by atoms with Crippen molar-refractivity contribution in [1.29, 1.82) is 0 Å². The van der Waals surface area contributed by atoms with E-state index in [-0.39, 0.29) is 6.04 Å². The molecule has 0 radical (unpaired) electrons. The molecule has 0 aromatic heterocycles. The predicted octanol–water partition coefficient (Wildman–Crippen LogP) is 4.66. The molecule has 1 atom stereocenters. The summed E-state index contributed by atoms with van der Waals surface area (Å²) in [6.45, 7) is 7.34. The van der Waals surface area contributed by atoms with Crippen molar-refractivity contribution in [1.82, 2.24) is 5.32 Å². The van der Waals surface area contributed by atoms with Gasteiger partial charge in [-0.2, -0.15) is 0 Å². The lowest BCUT2D eigenvalue weighted by Crippen LogP contribution is -2.22. The lowest BCUT2D eigenvalue weighted by Gasteiger charge is -2.20. The van der Waals surface area contributed by atoms with Crippen molar-refractivity contribution in [3.63, 3.8) is 0 Å². The van der Waals surface area contributed by atoms with Gasteiger partial charge in [-0.1, -0.05) is 48.9 Å². The number of hydrogen-bond acceptors (Lipinski definition) is 1. The van der Waals surface area contributed by atoms with Crippen LogP contribution >= 0.6 is 11.6 Å². The lowest BCUT2D eigenvalue weighted by molar-refractivity contribution is 0.630. The van der Waals surface area contributed by atoms with Crippen LogP contribution in [-0.2, 0) is 0 Å². The van der Waals surface area contributed by atoms with Gasteiger partial charge in [-0.05, 0) is 54.8 Å². The molecule has 2 aromatic rings. The first kappa shape index (κ1) is 14.1. The van der Waals surface area contributed by atoms with Crippen LogP contribution in [0.3, 0.4) is 0 Å². The first-order valence-electron chi connectivity index (χ1n) is 6.68. The molecule has 19 heavy (non-hydrogen) atoms. The highest BCUT2D eigenvalue weighted by atomic mass is 35.5. The van der Waals surface area contributed by atoms with E-state index in [4.69, 9.17) is 11.6 Å². The van der Waals surface area contributed by atoms with Gasteiger partial charge in [0.1, 0.15) is 0 Å². The fourth-order valence-corrected chi connectivity index (χ4v) is 2.46. The molecule has 0 saturated carbocycles. The second-order valence-corrected chi connectivity index (χ2v) is 5.33. The molecule has 0 spiro atoms. The van der Waals surface area contributed by atoms with Crippen molar-refractivity contribution in [3.05, 3.63) is 69.7 Å². The lowest BCUT2D eigenvalue weighted by atomic mass is 9.95. The predicted molar refractivity (Wildman–Crippen MR) is 82.9 cm³/mol. The number of nitrogens with one attached hydrogen (secondary N) is 1. The molecule has 1 unspecified atom stereocenters. The van der Waals surface area contributed by atoms with E-state index < -0.39 is 0 Å². The highest BCUT2D eigenvalue weighted by Gasteiger charge is 2.13. The average Bonchev–Trinajstić information content (AvgIpc) is 2.39. The zero-order valence-corrected chi connectivity index (χ0v) is 12.5. The van der Waals surface area contributed by atoms with Gasteiger partial charge in [0.05, 0.1) is 6.04 Å². The third-order valence-corrected chi connectivity index (χ3v) is 3.69. The number of halogens is 1. The largest absolute Gasteiger partial charge is 0.307 e. The Morgan fingerprint density at radius 1 is 1.00 bits per heavy atom. The number of hydrogen-bond donors (Lipinski definition) is 1. The quantitative estimate of drug-likeness (QED) is 0.855. The smallest absolute Gasteiger partial charge is 0.0577 e. The van der Waals surface area contributed by atoms with E-state index in [0.29, 0.717) is 0 Å². The van der Waals surface area contributed by atoms with Crippen LogP contribution in [0.5, 0.6) is 0 Å². The molecule has 0 fully saturated rings. The molecule has 100 valence electrons. The summed E-state index contributed by atoms with van der Waals surface area (Å²) >= 11 is 6.11. The summed E-state index contributed by atoms with van der Waals surface area (Å²) in [5, 5.41) is 4.31. The third-order valence-electron chi connectivity index (χ3n) is 3.45. The molecule has 0 aliphatic rings. The molecule has 0 amide bonds. The molecule has 0 heterocycles. The topological polar surface area (TPSA) is 12.0 Å². The third kappa shape index (κ3) is 3.37. The van der Waals surface area contributed by atoms with Crippen LogP contribution in [0.4, 0.5) is 0 Å². The van der Waals surface area contributed by atoms with Crippen LogP contribution in [0.1, 0.15) is 35.2 Å². The van der Waals surface area contributed by atoms with E-state index in [1.807, 2.05) is 18.2 Å². The van der Waals surface area contributed by atoms with Crippen molar-refractivity contribution < 1.29 is 0 Å². The van der Waals surface area contributed by atoms with Gasteiger partial charge in [0, 0.05) is 5.02 Å². The SMILES string of the molecule is CCNC(c1cccc(Cl)c1)c1ccc(C)c(C)c1. The Hall–Kier alpha value is -1.31. The Balaban J connectivity index is 2.42. The van der Waals surface area contributed by atoms with E-state index in [1.165, 1.54) is 22.3 Å². The number of aryl methyl sites for hydroxylation is 2. The van der Waals surface area contributed by atoms with Gasteiger partial charge >= 0.3 is 0 Å². The van der Waals surface area contributed by atoms with Gasteiger partial charge in [-0.15, -0.1) is 0 Å². The summed E-state index contributed by atoms with van der Waals surface area (Å²) in [6, 6.07) is 14.9. The summed E-state index contributed by atoms with van der Waals surface area (Å²) in [6.07, 6.45) is 0. The molecule has 0 saturated heterocycles. The van der Waals surface area contributed by atoms with Gasteiger partial charge in [-0.3, -0.25) is 0 Å². The zero-order valence-electron chi connectivity index (χ0n) is 11.7. The van der Waals surface area contributed by atoms with E-state index in [0.717, 1.165) is 11.6 Å². The second-order valence-electron chi connectivity index (χ2n) is 4.89. The fourth-order valence-electron chi connectivity index (χ4n) is 2.26. The van der Waals surface area contributed by atoms with E-state index in [9.17, 15) is 0 Å².